The molecule has 1 saturated heterocycles. The summed E-state index contributed by atoms with van der Waals surface area (Å²) in [5.74, 6) is -0.352. The summed E-state index contributed by atoms with van der Waals surface area (Å²) in [4.78, 5) is 26.3. The Morgan fingerprint density at radius 1 is 1.21 bits per heavy atom. The summed E-state index contributed by atoms with van der Waals surface area (Å²) in [6, 6.07) is 9.33. The van der Waals surface area contributed by atoms with Gasteiger partial charge in [0.05, 0.1) is 31.5 Å². The smallest absolute Gasteiger partial charge is 0.417 e. The van der Waals surface area contributed by atoms with Gasteiger partial charge in [0.1, 0.15) is 5.60 Å². The SMILES string of the molecule is CC[C@H]1OC[C@H](N(C(C)=O)C(=O)OC(C)(C)C)[C@@H](OCc2ccccc2)[C@H]1C. The highest BCUT2D eigenvalue weighted by atomic mass is 16.6. The first-order valence-corrected chi connectivity index (χ1v) is 9.94. The van der Waals surface area contributed by atoms with Gasteiger partial charge < -0.3 is 14.2 Å². The summed E-state index contributed by atoms with van der Waals surface area (Å²) >= 11 is 0. The van der Waals surface area contributed by atoms with Crippen LogP contribution in [0.5, 0.6) is 0 Å². The van der Waals surface area contributed by atoms with Crippen molar-refractivity contribution in [1.29, 1.82) is 0 Å². The predicted octanol–water partition coefficient (Wildman–Crippen LogP) is 4.17. The lowest BCUT2D eigenvalue weighted by molar-refractivity contribution is -0.167. The van der Waals surface area contributed by atoms with Gasteiger partial charge in [-0.2, -0.15) is 0 Å². The largest absolute Gasteiger partial charge is 0.443 e. The minimum Gasteiger partial charge on any atom is -0.443 e. The zero-order valence-electron chi connectivity index (χ0n) is 17.8. The summed E-state index contributed by atoms with van der Waals surface area (Å²) in [6.07, 6.45) is -0.144. The maximum atomic E-state index is 12.7. The van der Waals surface area contributed by atoms with Crippen LogP contribution in [0.25, 0.3) is 0 Å². The van der Waals surface area contributed by atoms with Crippen molar-refractivity contribution in [2.45, 2.75) is 78.4 Å². The summed E-state index contributed by atoms with van der Waals surface area (Å²) < 4.78 is 17.7. The monoisotopic (exact) mass is 391 g/mol. The Morgan fingerprint density at radius 2 is 1.86 bits per heavy atom. The Labute approximate surface area is 168 Å². The molecule has 1 aromatic carbocycles. The standard InChI is InChI=1S/C22H33NO5/c1-7-19-15(2)20(27-13-17-11-9-8-10-12-17)18(14-26-19)23(16(3)24)21(25)28-22(4,5)6/h8-12,15,18-20H,7,13-14H2,1-6H3/t15-,18-,19+,20-/m0/s1. The maximum absolute atomic E-state index is 12.7. The molecule has 0 spiro atoms. The number of imide groups is 1. The molecule has 4 atom stereocenters. The fourth-order valence-corrected chi connectivity index (χ4v) is 3.58. The van der Waals surface area contributed by atoms with Crippen molar-refractivity contribution in [3.63, 3.8) is 0 Å². The van der Waals surface area contributed by atoms with Crippen LogP contribution in [0.1, 0.15) is 53.5 Å². The third-order valence-electron chi connectivity index (χ3n) is 4.91. The van der Waals surface area contributed by atoms with Crippen LogP contribution in [-0.2, 0) is 25.6 Å². The molecule has 0 radical (unpaired) electrons. The molecule has 28 heavy (non-hydrogen) atoms. The average molecular weight is 392 g/mol. The zero-order chi connectivity index (χ0) is 20.9. The molecule has 6 heteroatoms. The Kier molecular flexibility index (Phi) is 7.61. The van der Waals surface area contributed by atoms with Gasteiger partial charge in [0.25, 0.3) is 0 Å². The van der Waals surface area contributed by atoms with Gasteiger partial charge in [-0.3, -0.25) is 4.79 Å². The number of rotatable bonds is 5. The van der Waals surface area contributed by atoms with E-state index in [4.69, 9.17) is 14.2 Å². The predicted molar refractivity (Wildman–Crippen MR) is 107 cm³/mol. The number of ether oxygens (including phenoxy) is 3. The minimum atomic E-state index is -0.696. The van der Waals surface area contributed by atoms with Crippen molar-refractivity contribution in [3.8, 4) is 0 Å². The molecule has 2 rings (SSSR count). The molecular weight excluding hydrogens is 358 g/mol. The first kappa shape index (κ1) is 22.4. The summed E-state index contributed by atoms with van der Waals surface area (Å²) in [5, 5.41) is 0. The Hall–Kier alpha value is -1.92. The van der Waals surface area contributed by atoms with Crippen molar-refractivity contribution in [3.05, 3.63) is 35.9 Å². The third kappa shape index (κ3) is 5.79. The normalized spacial score (nSPS) is 25.2. The van der Waals surface area contributed by atoms with Gasteiger partial charge in [-0.15, -0.1) is 0 Å². The van der Waals surface area contributed by atoms with Crippen LogP contribution >= 0.6 is 0 Å². The van der Waals surface area contributed by atoms with Crippen LogP contribution in [0.4, 0.5) is 4.79 Å². The van der Waals surface area contributed by atoms with E-state index < -0.39 is 17.7 Å². The lowest BCUT2D eigenvalue weighted by atomic mass is 9.87. The number of hydrogen-bond donors (Lipinski definition) is 0. The average Bonchev–Trinajstić information content (AvgIpc) is 2.60. The van der Waals surface area contributed by atoms with Gasteiger partial charge in [0.2, 0.25) is 5.91 Å². The van der Waals surface area contributed by atoms with E-state index in [9.17, 15) is 9.59 Å². The van der Waals surface area contributed by atoms with Gasteiger partial charge in [0, 0.05) is 12.8 Å². The van der Waals surface area contributed by atoms with Crippen LogP contribution in [0.15, 0.2) is 30.3 Å². The quantitative estimate of drug-likeness (QED) is 0.754. The maximum Gasteiger partial charge on any atom is 0.417 e. The summed E-state index contributed by atoms with van der Waals surface area (Å²) in [5.41, 5.74) is 0.345. The first-order chi connectivity index (χ1) is 13.1. The van der Waals surface area contributed by atoms with Crippen LogP contribution in [0.3, 0.4) is 0 Å². The van der Waals surface area contributed by atoms with Gasteiger partial charge in [-0.05, 0) is 32.8 Å². The molecule has 0 aromatic heterocycles. The van der Waals surface area contributed by atoms with E-state index in [2.05, 4.69) is 6.92 Å². The van der Waals surface area contributed by atoms with Gasteiger partial charge >= 0.3 is 6.09 Å². The summed E-state index contributed by atoms with van der Waals surface area (Å²) in [6.45, 7) is 11.5. The van der Waals surface area contributed by atoms with E-state index >= 15 is 0 Å². The molecule has 6 nitrogen and oxygen atoms in total. The molecule has 0 unspecified atom stereocenters. The molecular formula is C22H33NO5. The van der Waals surface area contributed by atoms with Gasteiger partial charge in [-0.1, -0.05) is 44.2 Å². The highest BCUT2D eigenvalue weighted by Crippen LogP contribution is 2.30. The number of carbonyl (C=O) groups is 2. The Morgan fingerprint density at radius 3 is 2.39 bits per heavy atom. The molecule has 156 valence electrons. The molecule has 0 bridgehead atoms. The van der Waals surface area contributed by atoms with Crippen molar-refractivity contribution >= 4 is 12.0 Å². The van der Waals surface area contributed by atoms with Crippen LogP contribution in [0.2, 0.25) is 0 Å². The molecule has 1 aliphatic heterocycles. The first-order valence-electron chi connectivity index (χ1n) is 9.94. The molecule has 1 fully saturated rings. The molecule has 0 aliphatic carbocycles. The summed E-state index contributed by atoms with van der Waals surface area (Å²) in [7, 11) is 0. The van der Waals surface area contributed by atoms with E-state index in [1.54, 1.807) is 20.8 Å². The second kappa shape index (κ2) is 9.52. The lowest BCUT2D eigenvalue weighted by Crippen LogP contribution is -2.60. The highest BCUT2D eigenvalue weighted by Gasteiger charge is 2.44. The van der Waals surface area contributed by atoms with Crippen molar-refractivity contribution in [1.82, 2.24) is 4.90 Å². The van der Waals surface area contributed by atoms with E-state index in [0.717, 1.165) is 16.9 Å². The fraction of sp³-hybridized carbons (Fsp3) is 0.636. The third-order valence-corrected chi connectivity index (χ3v) is 4.91. The van der Waals surface area contributed by atoms with Crippen LogP contribution < -0.4 is 0 Å². The van der Waals surface area contributed by atoms with E-state index in [1.807, 2.05) is 37.3 Å². The van der Waals surface area contributed by atoms with Crippen LogP contribution in [-0.4, -0.2) is 47.4 Å². The van der Waals surface area contributed by atoms with E-state index in [0.29, 0.717) is 6.61 Å². The van der Waals surface area contributed by atoms with E-state index in [1.165, 1.54) is 6.92 Å². The van der Waals surface area contributed by atoms with Crippen molar-refractivity contribution in [2.24, 2.45) is 5.92 Å². The Bertz CT molecular complexity index is 655. The topological polar surface area (TPSA) is 65.1 Å². The van der Waals surface area contributed by atoms with Gasteiger partial charge in [0.15, 0.2) is 0 Å². The molecule has 1 aromatic rings. The van der Waals surface area contributed by atoms with Gasteiger partial charge in [-0.25, -0.2) is 9.69 Å². The molecule has 0 N–H and O–H groups in total. The molecule has 1 heterocycles. The second-order valence-corrected chi connectivity index (χ2v) is 8.34. The van der Waals surface area contributed by atoms with Crippen molar-refractivity contribution in [2.75, 3.05) is 6.61 Å². The molecule has 2 amide bonds. The number of benzene rings is 1. The van der Waals surface area contributed by atoms with E-state index in [-0.39, 0.29) is 30.6 Å². The van der Waals surface area contributed by atoms with Crippen LogP contribution in [0, 0.1) is 5.92 Å². The molecule has 1 aliphatic rings. The number of hydrogen-bond acceptors (Lipinski definition) is 5. The number of amides is 2. The Balaban J connectivity index is 2.25. The highest BCUT2D eigenvalue weighted by molar-refractivity contribution is 5.91. The zero-order valence-corrected chi connectivity index (χ0v) is 17.8. The fourth-order valence-electron chi connectivity index (χ4n) is 3.58. The minimum absolute atomic E-state index is 0.0180. The lowest BCUT2D eigenvalue weighted by Gasteiger charge is -2.44. The molecule has 0 saturated carbocycles. The number of carbonyl (C=O) groups excluding carboxylic acids is 2. The van der Waals surface area contributed by atoms with Crippen molar-refractivity contribution < 1.29 is 23.8 Å². The second-order valence-electron chi connectivity index (χ2n) is 8.34. The number of nitrogens with zero attached hydrogens (tertiary/aromatic N) is 1.